The van der Waals surface area contributed by atoms with Gasteiger partial charge in [-0.25, -0.2) is 0 Å². The summed E-state index contributed by atoms with van der Waals surface area (Å²) in [5.41, 5.74) is 2.38. The molecule has 2 aromatic carbocycles. The van der Waals surface area contributed by atoms with Crippen LogP contribution < -0.4 is 14.8 Å². The third-order valence-corrected chi connectivity index (χ3v) is 3.42. The molecule has 21 heavy (non-hydrogen) atoms. The number of nitrogens with one attached hydrogen (secondary N) is 1. The summed E-state index contributed by atoms with van der Waals surface area (Å²) in [5.74, 6) is 2.09. The molecule has 0 aliphatic rings. The molecule has 4 heteroatoms. The van der Waals surface area contributed by atoms with Crippen LogP contribution in [-0.2, 0) is 12.4 Å². The van der Waals surface area contributed by atoms with Crippen molar-refractivity contribution in [2.24, 2.45) is 0 Å². The van der Waals surface area contributed by atoms with Crippen molar-refractivity contribution in [3.05, 3.63) is 59.7 Å². The second-order valence-electron chi connectivity index (χ2n) is 4.63. The van der Waals surface area contributed by atoms with Gasteiger partial charge in [-0.2, -0.15) is 0 Å². The van der Waals surface area contributed by atoms with Crippen molar-refractivity contribution < 1.29 is 9.47 Å². The van der Waals surface area contributed by atoms with Gasteiger partial charge in [0.1, 0.15) is 6.61 Å². The molecular formula is C17H20ClNO2. The first-order chi connectivity index (χ1) is 10.3. The molecule has 0 bridgehead atoms. The lowest BCUT2D eigenvalue weighted by Crippen LogP contribution is -2.20. The third-order valence-electron chi connectivity index (χ3n) is 3.11. The maximum absolute atomic E-state index is 5.77. The second kappa shape index (κ2) is 8.55. The minimum Gasteiger partial charge on any atom is -0.493 e. The fraction of sp³-hybridized carbons (Fsp3) is 0.294. The molecule has 0 heterocycles. The van der Waals surface area contributed by atoms with E-state index in [2.05, 4.69) is 29.6 Å². The van der Waals surface area contributed by atoms with Gasteiger partial charge < -0.3 is 14.8 Å². The molecule has 112 valence electrons. The Morgan fingerprint density at radius 1 is 0.952 bits per heavy atom. The normalized spacial score (nSPS) is 10.4. The van der Waals surface area contributed by atoms with Crippen LogP contribution in [-0.4, -0.2) is 20.3 Å². The van der Waals surface area contributed by atoms with Gasteiger partial charge in [-0.3, -0.25) is 0 Å². The lowest BCUT2D eigenvalue weighted by atomic mass is 10.1. The van der Waals surface area contributed by atoms with Gasteiger partial charge in [0.2, 0.25) is 0 Å². The molecule has 0 aromatic heterocycles. The van der Waals surface area contributed by atoms with Crippen molar-refractivity contribution in [2.45, 2.75) is 12.4 Å². The zero-order chi connectivity index (χ0) is 14.9. The van der Waals surface area contributed by atoms with E-state index in [-0.39, 0.29) is 0 Å². The molecule has 0 unspecified atom stereocenters. The van der Waals surface area contributed by atoms with E-state index in [0.29, 0.717) is 12.5 Å². The number of methoxy groups -OCH3 is 1. The van der Waals surface area contributed by atoms with Crippen molar-refractivity contribution in [1.29, 1.82) is 0 Å². The van der Waals surface area contributed by atoms with Crippen molar-refractivity contribution in [3.63, 3.8) is 0 Å². The summed E-state index contributed by atoms with van der Waals surface area (Å²) in [4.78, 5) is 0. The lowest BCUT2D eigenvalue weighted by Gasteiger charge is -2.11. The topological polar surface area (TPSA) is 30.5 Å². The molecule has 0 spiro atoms. The van der Waals surface area contributed by atoms with Crippen molar-refractivity contribution in [3.8, 4) is 11.5 Å². The molecule has 0 saturated carbocycles. The molecule has 0 radical (unpaired) electrons. The number of para-hydroxylation sites is 2. The van der Waals surface area contributed by atoms with Gasteiger partial charge in [0, 0.05) is 19.0 Å². The Bertz CT molecular complexity index is 543. The Morgan fingerprint density at radius 2 is 1.62 bits per heavy atom. The molecule has 2 rings (SSSR count). The molecule has 1 N–H and O–H groups in total. The van der Waals surface area contributed by atoms with Crippen molar-refractivity contribution in [1.82, 2.24) is 5.32 Å². The Balaban J connectivity index is 1.70. The van der Waals surface area contributed by atoms with Crippen LogP contribution in [0.15, 0.2) is 48.5 Å². The van der Waals surface area contributed by atoms with E-state index in [1.165, 1.54) is 5.56 Å². The van der Waals surface area contributed by atoms with E-state index in [0.717, 1.165) is 30.2 Å². The maximum atomic E-state index is 5.77. The lowest BCUT2D eigenvalue weighted by molar-refractivity contribution is 0.292. The summed E-state index contributed by atoms with van der Waals surface area (Å²) >= 11 is 5.77. The summed E-state index contributed by atoms with van der Waals surface area (Å²) in [7, 11) is 1.64. The van der Waals surface area contributed by atoms with Crippen LogP contribution in [0.3, 0.4) is 0 Å². The summed E-state index contributed by atoms with van der Waals surface area (Å²) in [5, 5.41) is 3.35. The van der Waals surface area contributed by atoms with Crippen LogP contribution in [0.4, 0.5) is 0 Å². The number of halogens is 1. The first-order valence-corrected chi connectivity index (χ1v) is 7.47. The predicted molar refractivity (Wildman–Crippen MR) is 86.2 cm³/mol. The number of alkyl halides is 1. The van der Waals surface area contributed by atoms with Gasteiger partial charge in [0.25, 0.3) is 0 Å². The molecule has 0 atom stereocenters. The fourth-order valence-corrected chi connectivity index (χ4v) is 2.13. The van der Waals surface area contributed by atoms with Gasteiger partial charge in [-0.15, -0.1) is 11.6 Å². The van der Waals surface area contributed by atoms with E-state index in [4.69, 9.17) is 21.1 Å². The molecular weight excluding hydrogens is 286 g/mol. The molecule has 0 amide bonds. The third kappa shape index (κ3) is 4.96. The van der Waals surface area contributed by atoms with Crippen LogP contribution in [0.5, 0.6) is 11.5 Å². The monoisotopic (exact) mass is 305 g/mol. The number of rotatable bonds is 8. The average molecular weight is 306 g/mol. The Kier molecular flexibility index (Phi) is 6.38. The number of hydrogen-bond donors (Lipinski definition) is 1. The predicted octanol–water partition coefficient (Wildman–Crippen LogP) is 3.60. The summed E-state index contributed by atoms with van der Waals surface area (Å²) in [6, 6.07) is 15.9. The van der Waals surface area contributed by atoms with Gasteiger partial charge in [0.15, 0.2) is 11.5 Å². The van der Waals surface area contributed by atoms with E-state index >= 15 is 0 Å². The van der Waals surface area contributed by atoms with Crippen LogP contribution in [0.25, 0.3) is 0 Å². The Labute approximate surface area is 130 Å². The summed E-state index contributed by atoms with van der Waals surface area (Å²) in [6.07, 6.45) is 0. The highest BCUT2D eigenvalue weighted by Gasteiger charge is 2.01. The minimum atomic E-state index is 0.556. The highest BCUT2D eigenvalue weighted by molar-refractivity contribution is 6.17. The van der Waals surface area contributed by atoms with E-state index in [1.807, 2.05) is 24.3 Å². The Morgan fingerprint density at radius 3 is 2.29 bits per heavy atom. The summed E-state index contributed by atoms with van der Waals surface area (Å²) in [6.45, 7) is 2.19. The fourth-order valence-electron chi connectivity index (χ4n) is 1.95. The van der Waals surface area contributed by atoms with Crippen molar-refractivity contribution >= 4 is 11.6 Å². The second-order valence-corrected chi connectivity index (χ2v) is 4.89. The zero-order valence-electron chi connectivity index (χ0n) is 12.1. The van der Waals surface area contributed by atoms with Gasteiger partial charge >= 0.3 is 0 Å². The standard InChI is InChI=1S/C17H20ClNO2/c1-20-16-4-2-3-5-17(16)21-11-10-19-13-15-8-6-14(12-18)7-9-15/h2-9,19H,10-13H2,1H3. The Hall–Kier alpha value is -1.71. The van der Waals surface area contributed by atoms with E-state index < -0.39 is 0 Å². The van der Waals surface area contributed by atoms with Crippen LogP contribution in [0.2, 0.25) is 0 Å². The number of benzene rings is 2. The largest absolute Gasteiger partial charge is 0.493 e. The molecule has 3 nitrogen and oxygen atoms in total. The first kappa shape index (κ1) is 15.7. The zero-order valence-corrected chi connectivity index (χ0v) is 12.9. The smallest absolute Gasteiger partial charge is 0.161 e. The molecule has 0 aliphatic heterocycles. The van der Waals surface area contributed by atoms with E-state index in [9.17, 15) is 0 Å². The number of hydrogen-bond acceptors (Lipinski definition) is 3. The SMILES string of the molecule is COc1ccccc1OCCNCc1ccc(CCl)cc1. The summed E-state index contributed by atoms with van der Waals surface area (Å²) < 4.78 is 10.9. The van der Waals surface area contributed by atoms with E-state index in [1.54, 1.807) is 7.11 Å². The van der Waals surface area contributed by atoms with Gasteiger partial charge in [-0.05, 0) is 23.3 Å². The highest BCUT2D eigenvalue weighted by atomic mass is 35.5. The van der Waals surface area contributed by atoms with Crippen LogP contribution in [0.1, 0.15) is 11.1 Å². The van der Waals surface area contributed by atoms with Crippen LogP contribution in [0, 0.1) is 0 Å². The number of ether oxygens (including phenoxy) is 2. The quantitative estimate of drug-likeness (QED) is 0.597. The first-order valence-electron chi connectivity index (χ1n) is 6.94. The molecule has 0 saturated heterocycles. The van der Waals surface area contributed by atoms with Gasteiger partial charge in [-0.1, -0.05) is 36.4 Å². The molecule has 0 fully saturated rings. The average Bonchev–Trinajstić information content (AvgIpc) is 2.55. The van der Waals surface area contributed by atoms with Crippen molar-refractivity contribution in [2.75, 3.05) is 20.3 Å². The molecule has 0 aliphatic carbocycles. The maximum Gasteiger partial charge on any atom is 0.161 e. The molecule has 2 aromatic rings. The highest BCUT2D eigenvalue weighted by Crippen LogP contribution is 2.25. The van der Waals surface area contributed by atoms with Crippen LogP contribution >= 0.6 is 11.6 Å². The minimum absolute atomic E-state index is 0.556. The van der Waals surface area contributed by atoms with Gasteiger partial charge in [0.05, 0.1) is 7.11 Å².